The first kappa shape index (κ1) is 16.1. The van der Waals surface area contributed by atoms with Gasteiger partial charge in [0.1, 0.15) is 11.6 Å². The summed E-state index contributed by atoms with van der Waals surface area (Å²) >= 11 is 0. The lowest BCUT2D eigenvalue weighted by atomic mass is 9.92. The van der Waals surface area contributed by atoms with Crippen LogP contribution in [0.2, 0.25) is 0 Å². The first-order valence-electron chi connectivity index (χ1n) is 8.16. The van der Waals surface area contributed by atoms with Crippen molar-refractivity contribution < 1.29 is 18.7 Å². The molecule has 0 aromatic heterocycles. The highest BCUT2D eigenvalue weighted by atomic mass is 19.1. The number of carbonyl (C=O) groups is 2. The molecule has 1 aromatic carbocycles. The highest BCUT2D eigenvalue weighted by Crippen LogP contribution is 2.40. The van der Waals surface area contributed by atoms with E-state index in [2.05, 4.69) is 11.8 Å². The maximum atomic E-state index is 14.0. The van der Waals surface area contributed by atoms with E-state index in [9.17, 15) is 14.0 Å². The standard InChI is InChI=1S/C18H22FNO3/c1-10-8-14(21)17-15(5-4-13(19)16(10)17)23-18(22)12-6-7-20(3)11(2)9-12/h4-5,10-12H,6-9H2,1-3H3/t10?,11-,12-/m0/s1. The van der Waals surface area contributed by atoms with E-state index in [0.717, 1.165) is 19.4 Å². The molecule has 5 heteroatoms. The molecule has 1 heterocycles. The molecule has 0 N–H and O–H groups in total. The molecule has 0 saturated carbocycles. The Kier molecular flexibility index (Phi) is 4.23. The highest BCUT2D eigenvalue weighted by Gasteiger charge is 2.35. The smallest absolute Gasteiger partial charge is 0.314 e. The maximum absolute atomic E-state index is 14.0. The summed E-state index contributed by atoms with van der Waals surface area (Å²) in [5.41, 5.74) is 0.642. The largest absolute Gasteiger partial charge is 0.426 e. The topological polar surface area (TPSA) is 46.6 Å². The lowest BCUT2D eigenvalue weighted by Gasteiger charge is -2.33. The second kappa shape index (κ2) is 6.04. The van der Waals surface area contributed by atoms with Crippen LogP contribution in [0.25, 0.3) is 0 Å². The van der Waals surface area contributed by atoms with Crippen molar-refractivity contribution in [1.82, 2.24) is 4.90 Å². The molecule has 1 unspecified atom stereocenters. The number of carbonyl (C=O) groups excluding carboxylic acids is 2. The monoisotopic (exact) mass is 319 g/mol. The number of ether oxygens (including phenoxy) is 1. The van der Waals surface area contributed by atoms with Crippen LogP contribution >= 0.6 is 0 Å². The third-order valence-corrected chi connectivity index (χ3v) is 5.17. The van der Waals surface area contributed by atoms with Gasteiger partial charge in [-0.15, -0.1) is 0 Å². The van der Waals surface area contributed by atoms with Gasteiger partial charge in [0.25, 0.3) is 0 Å². The molecule has 124 valence electrons. The molecule has 1 saturated heterocycles. The van der Waals surface area contributed by atoms with Crippen molar-refractivity contribution in [3.05, 3.63) is 29.1 Å². The Hall–Kier alpha value is -1.75. The molecule has 1 fully saturated rings. The minimum absolute atomic E-state index is 0.147. The molecule has 3 rings (SSSR count). The third-order valence-electron chi connectivity index (χ3n) is 5.17. The van der Waals surface area contributed by atoms with E-state index in [1.807, 2.05) is 14.0 Å². The highest BCUT2D eigenvalue weighted by molar-refractivity contribution is 6.04. The fourth-order valence-corrected chi connectivity index (χ4v) is 3.61. The summed E-state index contributed by atoms with van der Waals surface area (Å²) < 4.78 is 19.5. The lowest BCUT2D eigenvalue weighted by Crippen LogP contribution is -2.41. The van der Waals surface area contributed by atoms with Gasteiger partial charge in [-0.25, -0.2) is 4.39 Å². The number of hydrogen-bond donors (Lipinski definition) is 0. The van der Waals surface area contributed by atoms with E-state index >= 15 is 0 Å². The van der Waals surface area contributed by atoms with Crippen molar-refractivity contribution in [3.8, 4) is 5.75 Å². The summed E-state index contributed by atoms with van der Waals surface area (Å²) in [6.07, 6.45) is 1.75. The quantitative estimate of drug-likeness (QED) is 0.620. The molecule has 3 atom stereocenters. The van der Waals surface area contributed by atoms with Gasteiger partial charge in [-0.05, 0) is 51.4 Å². The molecular weight excluding hydrogens is 297 g/mol. The van der Waals surface area contributed by atoms with Gasteiger partial charge in [-0.3, -0.25) is 9.59 Å². The summed E-state index contributed by atoms with van der Waals surface area (Å²) in [4.78, 5) is 26.8. The predicted molar refractivity (Wildman–Crippen MR) is 84.2 cm³/mol. The second-order valence-electron chi connectivity index (χ2n) is 6.83. The van der Waals surface area contributed by atoms with Gasteiger partial charge >= 0.3 is 5.97 Å². The Balaban J connectivity index is 1.82. The second-order valence-corrected chi connectivity index (χ2v) is 6.83. The normalized spacial score (nSPS) is 27.8. The van der Waals surface area contributed by atoms with Gasteiger partial charge < -0.3 is 9.64 Å². The zero-order valence-electron chi connectivity index (χ0n) is 13.8. The molecule has 0 radical (unpaired) electrons. The van der Waals surface area contributed by atoms with Crippen molar-refractivity contribution in [2.45, 2.75) is 45.1 Å². The first-order chi connectivity index (χ1) is 10.9. The van der Waals surface area contributed by atoms with Gasteiger partial charge in [-0.2, -0.15) is 0 Å². The number of likely N-dealkylation sites (tertiary alicyclic amines) is 1. The van der Waals surface area contributed by atoms with E-state index in [4.69, 9.17) is 4.74 Å². The molecule has 23 heavy (non-hydrogen) atoms. The summed E-state index contributed by atoms with van der Waals surface area (Å²) in [6, 6.07) is 3.01. The first-order valence-corrected chi connectivity index (χ1v) is 8.16. The van der Waals surface area contributed by atoms with Crippen molar-refractivity contribution in [2.24, 2.45) is 5.92 Å². The number of piperidine rings is 1. The number of fused-ring (bicyclic) bond motifs is 1. The number of rotatable bonds is 2. The van der Waals surface area contributed by atoms with Crippen molar-refractivity contribution in [1.29, 1.82) is 0 Å². The predicted octanol–water partition coefficient (Wildman–Crippen LogP) is 3.15. The Morgan fingerprint density at radius 2 is 2.09 bits per heavy atom. The van der Waals surface area contributed by atoms with E-state index in [-0.39, 0.29) is 41.3 Å². The van der Waals surface area contributed by atoms with Gasteiger partial charge in [0.15, 0.2) is 5.78 Å². The van der Waals surface area contributed by atoms with Crippen LogP contribution in [0.1, 0.15) is 54.9 Å². The third kappa shape index (κ3) is 2.90. The summed E-state index contributed by atoms with van der Waals surface area (Å²) in [6.45, 7) is 4.75. The summed E-state index contributed by atoms with van der Waals surface area (Å²) in [7, 11) is 2.04. The van der Waals surface area contributed by atoms with E-state index in [1.165, 1.54) is 12.1 Å². The van der Waals surface area contributed by atoms with Gasteiger partial charge in [0.2, 0.25) is 0 Å². The number of ketones is 1. The van der Waals surface area contributed by atoms with Crippen LogP contribution < -0.4 is 4.74 Å². The minimum Gasteiger partial charge on any atom is -0.426 e. The molecule has 0 bridgehead atoms. The maximum Gasteiger partial charge on any atom is 0.314 e. The van der Waals surface area contributed by atoms with Crippen LogP contribution in [-0.4, -0.2) is 36.3 Å². The number of nitrogens with zero attached hydrogens (tertiary/aromatic N) is 1. The van der Waals surface area contributed by atoms with E-state index in [0.29, 0.717) is 11.6 Å². The Labute approximate surface area is 135 Å². The average molecular weight is 319 g/mol. The van der Waals surface area contributed by atoms with Crippen LogP contribution in [0.4, 0.5) is 4.39 Å². The summed E-state index contributed by atoms with van der Waals surface area (Å²) in [5, 5.41) is 0. The molecule has 1 aromatic rings. The SMILES string of the molecule is CC1CC(=O)c2c(OC(=O)[C@H]3CCN(C)[C@@H](C)C3)ccc(F)c21. The Bertz CT molecular complexity index is 658. The molecule has 2 aliphatic rings. The van der Waals surface area contributed by atoms with Crippen molar-refractivity contribution in [3.63, 3.8) is 0 Å². The fourth-order valence-electron chi connectivity index (χ4n) is 3.61. The molecule has 1 aliphatic heterocycles. The molecule has 0 spiro atoms. The summed E-state index contributed by atoms with van der Waals surface area (Å²) in [5.74, 6) is -0.980. The van der Waals surface area contributed by atoms with Crippen LogP contribution in [0, 0.1) is 11.7 Å². The molecular formula is C18H22FNO3. The number of benzene rings is 1. The van der Waals surface area contributed by atoms with Crippen LogP contribution in [0.3, 0.4) is 0 Å². The molecule has 1 aliphatic carbocycles. The van der Waals surface area contributed by atoms with Gasteiger partial charge in [0, 0.05) is 18.0 Å². The van der Waals surface area contributed by atoms with Gasteiger partial charge in [0.05, 0.1) is 11.5 Å². The fraction of sp³-hybridized carbons (Fsp3) is 0.556. The van der Waals surface area contributed by atoms with Crippen molar-refractivity contribution in [2.75, 3.05) is 13.6 Å². The molecule has 4 nitrogen and oxygen atoms in total. The van der Waals surface area contributed by atoms with E-state index in [1.54, 1.807) is 0 Å². The van der Waals surface area contributed by atoms with Crippen LogP contribution in [0.15, 0.2) is 12.1 Å². The molecule has 0 amide bonds. The minimum atomic E-state index is -0.397. The number of hydrogen-bond acceptors (Lipinski definition) is 4. The van der Waals surface area contributed by atoms with Crippen LogP contribution in [-0.2, 0) is 4.79 Å². The van der Waals surface area contributed by atoms with Crippen molar-refractivity contribution >= 4 is 11.8 Å². The Morgan fingerprint density at radius 3 is 2.78 bits per heavy atom. The number of halogens is 1. The zero-order chi connectivity index (χ0) is 16.7. The zero-order valence-corrected chi connectivity index (χ0v) is 13.8. The van der Waals surface area contributed by atoms with Crippen LogP contribution in [0.5, 0.6) is 5.75 Å². The number of esters is 1. The van der Waals surface area contributed by atoms with Gasteiger partial charge in [-0.1, -0.05) is 6.92 Å². The average Bonchev–Trinajstić information content (AvgIpc) is 2.81. The van der Waals surface area contributed by atoms with E-state index < -0.39 is 5.82 Å². The lowest BCUT2D eigenvalue weighted by molar-refractivity contribution is -0.141. The Morgan fingerprint density at radius 1 is 1.35 bits per heavy atom. The number of Topliss-reactive ketones (excluding diaryl/α,β-unsaturated/α-hetero) is 1.